The Balaban J connectivity index is 1.53. The van der Waals surface area contributed by atoms with Gasteiger partial charge in [-0.3, -0.25) is 14.8 Å². The maximum Gasteiger partial charge on any atom is 0.153 e. The molecule has 0 aliphatic heterocycles. The number of ether oxygens (including phenoxy) is 3. The second-order valence-corrected chi connectivity index (χ2v) is 9.48. The van der Waals surface area contributed by atoms with Crippen molar-refractivity contribution in [2.24, 2.45) is 0 Å². The Morgan fingerprint density at radius 2 is 1.85 bits per heavy atom. The monoisotopic (exact) mass is 577 g/mol. The zero-order chi connectivity index (χ0) is 28.5. The Hall–Kier alpha value is -4.16. The van der Waals surface area contributed by atoms with Crippen molar-refractivity contribution >= 4 is 29.5 Å². The van der Waals surface area contributed by atoms with E-state index in [0.717, 1.165) is 16.7 Å². The zero-order valence-corrected chi connectivity index (χ0v) is 23.1. The Morgan fingerprint density at radius 1 is 1.02 bits per heavy atom. The van der Waals surface area contributed by atoms with Crippen LogP contribution in [0.1, 0.15) is 39.0 Å². The maximum absolute atomic E-state index is 11.7. The first-order valence-corrected chi connectivity index (χ1v) is 13.1. The minimum atomic E-state index is 0.0277. The number of benzene rings is 2. The van der Waals surface area contributed by atoms with Gasteiger partial charge in [0.25, 0.3) is 0 Å². The largest absolute Gasteiger partial charge is 0.492 e. The molecule has 4 rings (SSSR count). The number of aliphatic hydroxyl groups excluding tert-OH is 1. The number of nitrogens with zero attached hydrogens (tertiary/aromatic N) is 3. The highest BCUT2D eigenvalue weighted by molar-refractivity contribution is 6.34. The van der Waals surface area contributed by atoms with Crippen molar-refractivity contribution in [2.45, 2.75) is 26.6 Å². The number of carbonyl (C=O) groups is 1. The van der Waals surface area contributed by atoms with Gasteiger partial charge in [-0.2, -0.15) is 5.26 Å². The number of aliphatic hydroxyl groups is 1. The van der Waals surface area contributed by atoms with Gasteiger partial charge in [-0.25, -0.2) is 0 Å². The number of nitriles is 1. The van der Waals surface area contributed by atoms with Gasteiger partial charge in [0, 0.05) is 54.9 Å². The highest BCUT2D eigenvalue weighted by atomic mass is 35.5. The third kappa shape index (κ3) is 6.88. The standard InChI is InChI=1S/C30H25Cl2N3O5/c1-19-22(4-2-5-24(19)30-29(32)26(6-7-35-30)38-9-3-8-36)18-40-28-12-27(23(16-37)11-25(28)31)39-17-21-10-20(13-33)14-34-15-21/h2,4-7,10-12,14-16,36H,3,8-9,17-18H2,1H3. The van der Waals surface area contributed by atoms with E-state index in [-0.39, 0.29) is 36.2 Å². The fraction of sp³-hybridized carbons (Fsp3) is 0.200. The van der Waals surface area contributed by atoms with E-state index < -0.39 is 0 Å². The summed E-state index contributed by atoms with van der Waals surface area (Å²) in [5, 5.41) is 18.7. The van der Waals surface area contributed by atoms with Crippen LogP contribution >= 0.6 is 23.2 Å². The fourth-order valence-electron chi connectivity index (χ4n) is 3.89. The molecule has 40 heavy (non-hydrogen) atoms. The topological polar surface area (TPSA) is 115 Å². The number of rotatable bonds is 12. The number of halogens is 2. The van der Waals surface area contributed by atoms with Gasteiger partial charge in [-0.1, -0.05) is 41.4 Å². The highest BCUT2D eigenvalue weighted by Gasteiger charge is 2.16. The molecule has 0 atom stereocenters. The van der Waals surface area contributed by atoms with Crippen molar-refractivity contribution in [3.05, 3.63) is 98.9 Å². The van der Waals surface area contributed by atoms with Crippen LogP contribution in [0.3, 0.4) is 0 Å². The third-order valence-electron chi connectivity index (χ3n) is 6.01. The van der Waals surface area contributed by atoms with Gasteiger partial charge in [0.1, 0.15) is 41.6 Å². The molecule has 0 amide bonds. The maximum atomic E-state index is 11.7. The van der Waals surface area contributed by atoms with E-state index in [1.807, 2.05) is 31.2 Å². The Bertz CT molecular complexity index is 1560. The molecule has 0 unspecified atom stereocenters. The lowest BCUT2D eigenvalue weighted by Gasteiger charge is -2.16. The molecule has 2 aromatic heterocycles. The van der Waals surface area contributed by atoms with E-state index in [9.17, 15) is 4.79 Å². The number of pyridine rings is 2. The molecule has 0 saturated heterocycles. The Kier molecular flexibility index (Phi) is 9.92. The minimum Gasteiger partial charge on any atom is -0.492 e. The summed E-state index contributed by atoms with van der Waals surface area (Å²) in [6, 6.07) is 14.2. The second-order valence-electron chi connectivity index (χ2n) is 8.70. The first-order chi connectivity index (χ1) is 19.4. The van der Waals surface area contributed by atoms with Crippen molar-refractivity contribution in [2.75, 3.05) is 13.2 Å². The molecule has 8 nitrogen and oxygen atoms in total. The first kappa shape index (κ1) is 28.8. The molecule has 10 heteroatoms. The zero-order valence-electron chi connectivity index (χ0n) is 21.6. The lowest BCUT2D eigenvalue weighted by molar-refractivity contribution is 0.111. The molecule has 0 radical (unpaired) electrons. The van der Waals surface area contributed by atoms with Crippen LogP contribution in [0.4, 0.5) is 0 Å². The van der Waals surface area contributed by atoms with Gasteiger partial charge >= 0.3 is 0 Å². The lowest BCUT2D eigenvalue weighted by atomic mass is 10.00. The van der Waals surface area contributed by atoms with Crippen LogP contribution in [0, 0.1) is 18.3 Å². The SMILES string of the molecule is Cc1c(COc2cc(OCc3cncc(C#N)c3)c(C=O)cc2Cl)cccc1-c1nccc(OCCCO)c1Cl. The molecule has 0 bridgehead atoms. The molecule has 0 aliphatic rings. The summed E-state index contributed by atoms with van der Waals surface area (Å²) in [6.07, 6.45) is 5.82. The van der Waals surface area contributed by atoms with E-state index in [2.05, 4.69) is 9.97 Å². The van der Waals surface area contributed by atoms with E-state index >= 15 is 0 Å². The van der Waals surface area contributed by atoms with Gasteiger partial charge in [0.05, 0.1) is 28.5 Å². The molecule has 0 aliphatic carbocycles. The van der Waals surface area contributed by atoms with E-state index in [0.29, 0.717) is 52.7 Å². The Labute approximate surface area is 241 Å². The molecule has 2 aromatic carbocycles. The van der Waals surface area contributed by atoms with E-state index in [1.54, 1.807) is 30.6 Å². The average Bonchev–Trinajstić information content (AvgIpc) is 2.97. The van der Waals surface area contributed by atoms with Crippen LogP contribution in [0.2, 0.25) is 10.0 Å². The summed E-state index contributed by atoms with van der Waals surface area (Å²) >= 11 is 13.0. The number of hydrogen-bond acceptors (Lipinski definition) is 8. The number of hydrogen-bond donors (Lipinski definition) is 1. The third-order valence-corrected chi connectivity index (χ3v) is 6.67. The first-order valence-electron chi connectivity index (χ1n) is 12.3. The molecular formula is C30H25Cl2N3O5. The predicted octanol–water partition coefficient (Wildman–Crippen LogP) is 6.36. The van der Waals surface area contributed by atoms with E-state index in [1.165, 1.54) is 12.3 Å². The van der Waals surface area contributed by atoms with Crippen molar-refractivity contribution in [1.82, 2.24) is 9.97 Å². The van der Waals surface area contributed by atoms with Crippen LogP contribution in [0.5, 0.6) is 17.2 Å². The molecule has 1 N–H and O–H groups in total. The molecule has 2 heterocycles. The van der Waals surface area contributed by atoms with Gasteiger partial charge in [-0.05, 0) is 30.2 Å². The second kappa shape index (κ2) is 13.8. The van der Waals surface area contributed by atoms with Crippen molar-refractivity contribution in [3.63, 3.8) is 0 Å². The fourth-order valence-corrected chi connectivity index (χ4v) is 4.39. The molecule has 0 fully saturated rings. The summed E-state index contributed by atoms with van der Waals surface area (Å²) in [5.41, 5.74) is 4.52. The molecule has 0 spiro atoms. The smallest absolute Gasteiger partial charge is 0.153 e. The predicted molar refractivity (Wildman–Crippen MR) is 151 cm³/mol. The molecule has 0 saturated carbocycles. The highest BCUT2D eigenvalue weighted by Crippen LogP contribution is 2.37. The van der Waals surface area contributed by atoms with Gasteiger partial charge in [-0.15, -0.1) is 0 Å². The van der Waals surface area contributed by atoms with Crippen LogP contribution < -0.4 is 14.2 Å². The minimum absolute atomic E-state index is 0.0277. The van der Waals surface area contributed by atoms with Gasteiger partial charge in [0.2, 0.25) is 0 Å². The van der Waals surface area contributed by atoms with Crippen LogP contribution in [-0.4, -0.2) is 34.6 Å². The van der Waals surface area contributed by atoms with Crippen molar-refractivity contribution in [3.8, 4) is 34.6 Å². The summed E-state index contributed by atoms with van der Waals surface area (Å²) < 4.78 is 17.6. The van der Waals surface area contributed by atoms with Crippen molar-refractivity contribution in [1.29, 1.82) is 5.26 Å². The van der Waals surface area contributed by atoms with Gasteiger partial charge < -0.3 is 19.3 Å². The summed E-state index contributed by atoms with van der Waals surface area (Å²) in [7, 11) is 0. The molecule has 4 aromatic rings. The summed E-state index contributed by atoms with van der Waals surface area (Å²) in [4.78, 5) is 20.1. The average molecular weight is 578 g/mol. The van der Waals surface area contributed by atoms with Crippen LogP contribution in [0.15, 0.2) is 61.1 Å². The summed E-state index contributed by atoms with van der Waals surface area (Å²) in [5.74, 6) is 1.12. The number of carbonyl (C=O) groups excluding carboxylic acids is 1. The van der Waals surface area contributed by atoms with Crippen LogP contribution in [-0.2, 0) is 13.2 Å². The molecule has 204 valence electrons. The van der Waals surface area contributed by atoms with E-state index in [4.69, 9.17) is 47.8 Å². The lowest BCUT2D eigenvalue weighted by Crippen LogP contribution is -2.03. The Morgan fingerprint density at radius 3 is 2.62 bits per heavy atom. The summed E-state index contributed by atoms with van der Waals surface area (Å²) in [6.45, 7) is 2.59. The number of aldehydes is 1. The number of aromatic nitrogens is 2. The normalized spacial score (nSPS) is 10.6. The quantitative estimate of drug-likeness (QED) is 0.153. The molecular weight excluding hydrogens is 553 g/mol. The van der Waals surface area contributed by atoms with Gasteiger partial charge in [0.15, 0.2) is 6.29 Å². The van der Waals surface area contributed by atoms with Crippen LogP contribution in [0.25, 0.3) is 11.3 Å². The van der Waals surface area contributed by atoms with Crippen molar-refractivity contribution < 1.29 is 24.1 Å².